The quantitative estimate of drug-likeness (QED) is 0.436. The lowest BCUT2D eigenvalue weighted by Gasteiger charge is -2.21. The standard InChI is InChI=1S/C18H20FIN2O3/c1-18(2,10-23)11-25-22-17(24)13-5-3-4-6-15(13)21-16-8-7-12(20)9-14(16)19/h3-9,21,23H,10-11H2,1-2H3,(H,22,24). The highest BCUT2D eigenvalue weighted by molar-refractivity contribution is 14.1. The highest BCUT2D eigenvalue weighted by Gasteiger charge is 2.18. The minimum atomic E-state index is -0.463. The Hall–Kier alpha value is -1.71. The van der Waals surface area contributed by atoms with Gasteiger partial charge < -0.3 is 10.4 Å². The van der Waals surface area contributed by atoms with E-state index >= 15 is 0 Å². The monoisotopic (exact) mass is 458 g/mol. The zero-order valence-corrected chi connectivity index (χ0v) is 16.1. The number of aliphatic hydroxyl groups excluding tert-OH is 1. The van der Waals surface area contributed by atoms with E-state index in [1.165, 1.54) is 6.07 Å². The predicted octanol–water partition coefficient (Wildman–Crippen LogP) is 3.85. The summed E-state index contributed by atoms with van der Waals surface area (Å²) < 4.78 is 14.8. The number of halogens is 2. The number of amides is 1. The summed E-state index contributed by atoms with van der Waals surface area (Å²) in [5, 5.41) is 12.1. The van der Waals surface area contributed by atoms with E-state index in [0.717, 1.165) is 3.57 Å². The highest BCUT2D eigenvalue weighted by atomic mass is 127. The molecule has 1 amide bonds. The smallest absolute Gasteiger partial charge is 0.276 e. The fourth-order valence-electron chi connectivity index (χ4n) is 1.92. The van der Waals surface area contributed by atoms with E-state index in [0.29, 0.717) is 11.3 Å². The fraction of sp³-hybridized carbons (Fsp3) is 0.278. The zero-order chi connectivity index (χ0) is 18.4. The van der Waals surface area contributed by atoms with Crippen LogP contribution in [0.1, 0.15) is 24.2 Å². The van der Waals surface area contributed by atoms with Gasteiger partial charge in [0, 0.05) is 8.99 Å². The number of para-hydroxylation sites is 1. The van der Waals surface area contributed by atoms with Gasteiger partial charge in [0.05, 0.1) is 30.2 Å². The number of benzene rings is 2. The zero-order valence-electron chi connectivity index (χ0n) is 14.0. The number of carbonyl (C=O) groups excluding carboxylic acids is 1. The molecular formula is C18H20FIN2O3. The van der Waals surface area contributed by atoms with Crippen LogP contribution in [-0.2, 0) is 4.84 Å². The lowest BCUT2D eigenvalue weighted by atomic mass is 9.97. The summed E-state index contributed by atoms with van der Waals surface area (Å²) in [4.78, 5) is 17.5. The van der Waals surface area contributed by atoms with Crippen molar-refractivity contribution >= 4 is 39.9 Å². The molecule has 0 atom stereocenters. The maximum absolute atomic E-state index is 14.0. The van der Waals surface area contributed by atoms with Gasteiger partial charge in [-0.3, -0.25) is 9.63 Å². The summed E-state index contributed by atoms with van der Waals surface area (Å²) in [5.74, 6) is -0.856. The van der Waals surface area contributed by atoms with Gasteiger partial charge in [-0.1, -0.05) is 26.0 Å². The molecule has 0 aliphatic rings. The average molecular weight is 458 g/mol. The number of nitrogens with one attached hydrogen (secondary N) is 2. The molecule has 5 nitrogen and oxygen atoms in total. The van der Waals surface area contributed by atoms with Crippen molar-refractivity contribution in [2.75, 3.05) is 18.5 Å². The first-order chi connectivity index (χ1) is 11.8. The van der Waals surface area contributed by atoms with Crippen molar-refractivity contribution in [1.29, 1.82) is 0 Å². The fourth-order valence-corrected chi connectivity index (χ4v) is 2.38. The van der Waals surface area contributed by atoms with Crippen LogP contribution in [0.15, 0.2) is 42.5 Å². The molecule has 7 heteroatoms. The van der Waals surface area contributed by atoms with Crippen molar-refractivity contribution in [2.24, 2.45) is 5.41 Å². The van der Waals surface area contributed by atoms with Crippen molar-refractivity contribution in [3.8, 4) is 0 Å². The van der Waals surface area contributed by atoms with Gasteiger partial charge in [-0.25, -0.2) is 9.87 Å². The van der Waals surface area contributed by atoms with Crippen molar-refractivity contribution in [3.05, 3.63) is 57.4 Å². The van der Waals surface area contributed by atoms with E-state index in [-0.39, 0.29) is 18.9 Å². The Labute approximate surface area is 159 Å². The van der Waals surface area contributed by atoms with E-state index in [1.54, 1.807) is 36.4 Å². The number of carbonyl (C=O) groups is 1. The van der Waals surface area contributed by atoms with Crippen LogP contribution < -0.4 is 10.8 Å². The molecule has 0 aromatic heterocycles. The first-order valence-corrected chi connectivity index (χ1v) is 8.74. The SMILES string of the molecule is CC(C)(CO)CONC(=O)c1ccccc1Nc1ccc(I)cc1F. The summed E-state index contributed by atoms with van der Waals surface area (Å²) in [5.41, 5.74) is 2.96. The summed E-state index contributed by atoms with van der Waals surface area (Å²) in [6.07, 6.45) is 0. The minimum Gasteiger partial charge on any atom is -0.396 e. The van der Waals surface area contributed by atoms with Gasteiger partial charge in [-0.05, 0) is 52.9 Å². The molecule has 3 N–H and O–H groups in total. The molecule has 0 saturated heterocycles. The maximum Gasteiger partial charge on any atom is 0.276 e. The van der Waals surface area contributed by atoms with Crippen LogP contribution in [-0.4, -0.2) is 24.2 Å². The number of aliphatic hydroxyl groups is 1. The maximum atomic E-state index is 14.0. The van der Waals surface area contributed by atoms with Gasteiger partial charge in [-0.15, -0.1) is 0 Å². The Bertz CT molecular complexity index is 753. The third kappa shape index (κ3) is 5.65. The van der Waals surface area contributed by atoms with Crippen LogP contribution in [0.3, 0.4) is 0 Å². The van der Waals surface area contributed by atoms with Crippen LogP contribution in [0.25, 0.3) is 0 Å². The van der Waals surface area contributed by atoms with E-state index in [2.05, 4.69) is 10.8 Å². The average Bonchev–Trinajstić information content (AvgIpc) is 2.57. The molecule has 2 aromatic rings. The molecule has 0 aliphatic heterocycles. The molecule has 0 fully saturated rings. The van der Waals surface area contributed by atoms with Gasteiger partial charge in [0.1, 0.15) is 5.82 Å². The summed E-state index contributed by atoms with van der Waals surface area (Å²) >= 11 is 2.03. The molecule has 0 unspecified atom stereocenters. The topological polar surface area (TPSA) is 70.6 Å². The Morgan fingerprint density at radius 1 is 1.24 bits per heavy atom. The number of hydroxylamine groups is 1. The van der Waals surface area contributed by atoms with Crippen LogP contribution in [0.2, 0.25) is 0 Å². The second-order valence-corrected chi connectivity index (χ2v) is 7.58. The first-order valence-electron chi connectivity index (χ1n) is 7.66. The van der Waals surface area contributed by atoms with Gasteiger partial charge in [0.25, 0.3) is 5.91 Å². The minimum absolute atomic E-state index is 0.0624. The van der Waals surface area contributed by atoms with Crippen molar-refractivity contribution in [3.63, 3.8) is 0 Å². The largest absolute Gasteiger partial charge is 0.396 e. The van der Waals surface area contributed by atoms with Gasteiger partial charge in [0.2, 0.25) is 0 Å². The molecule has 2 aromatic carbocycles. The second kappa shape index (κ2) is 8.59. The molecule has 0 bridgehead atoms. The molecule has 134 valence electrons. The van der Waals surface area contributed by atoms with Crippen LogP contribution in [0, 0.1) is 14.8 Å². The van der Waals surface area contributed by atoms with Crippen LogP contribution in [0.4, 0.5) is 15.8 Å². The van der Waals surface area contributed by atoms with E-state index < -0.39 is 17.1 Å². The van der Waals surface area contributed by atoms with E-state index in [1.807, 2.05) is 36.4 Å². The molecule has 0 saturated carbocycles. The molecule has 0 spiro atoms. The van der Waals surface area contributed by atoms with Crippen LogP contribution >= 0.6 is 22.6 Å². The Morgan fingerprint density at radius 2 is 1.96 bits per heavy atom. The van der Waals surface area contributed by atoms with Crippen LogP contribution in [0.5, 0.6) is 0 Å². The van der Waals surface area contributed by atoms with Gasteiger partial charge in [0.15, 0.2) is 0 Å². The van der Waals surface area contributed by atoms with Crippen molar-refractivity contribution < 1.29 is 19.1 Å². The number of hydrogen-bond donors (Lipinski definition) is 3. The lowest BCUT2D eigenvalue weighted by molar-refractivity contribution is -0.0197. The number of anilines is 2. The Balaban J connectivity index is 2.10. The third-order valence-corrected chi connectivity index (χ3v) is 4.10. The summed E-state index contributed by atoms with van der Waals surface area (Å²) in [6, 6.07) is 11.6. The first kappa shape index (κ1) is 19.6. The van der Waals surface area contributed by atoms with Gasteiger partial charge >= 0.3 is 0 Å². The van der Waals surface area contributed by atoms with Crippen molar-refractivity contribution in [1.82, 2.24) is 5.48 Å². The molecular weight excluding hydrogens is 438 g/mol. The van der Waals surface area contributed by atoms with E-state index in [4.69, 9.17) is 4.84 Å². The predicted molar refractivity (Wildman–Crippen MR) is 103 cm³/mol. The van der Waals surface area contributed by atoms with Gasteiger partial charge in [-0.2, -0.15) is 0 Å². The molecule has 0 heterocycles. The summed E-state index contributed by atoms with van der Waals surface area (Å²) in [7, 11) is 0. The molecule has 25 heavy (non-hydrogen) atoms. The molecule has 0 aliphatic carbocycles. The normalized spacial score (nSPS) is 11.2. The summed E-state index contributed by atoms with van der Waals surface area (Å²) in [6.45, 7) is 3.73. The van der Waals surface area contributed by atoms with Crippen molar-refractivity contribution in [2.45, 2.75) is 13.8 Å². The number of rotatable bonds is 7. The molecule has 2 rings (SSSR count). The van der Waals surface area contributed by atoms with E-state index in [9.17, 15) is 14.3 Å². The Morgan fingerprint density at radius 3 is 2.64 bits per heavy atom. The Kier molecular flexibility index (Phi) is 6.74. The molecule has 0 radical (unpaired) electrons. The highest BCUT2D eigenvalue weighted by Crippen LogP contribution is 2.24. The second-order valence-electron chi connectivity index (χ2n) is 6.34. The lowest BCUT2D eigenvalue weighted by Crippen LogP contribution is -2.32. The third-order valence-electron chi connectivity index (χ3n) is 3.43. The number of hydrogen-bond acceptors (Lipinski definition) is 4.